The third-order valence-electron chi connectivity index (χ3n) is 4.64. The van der Waals surface area contributed by atoms with Gasteiger partial charge in [0, 0.05) is 0 Å². The van der Waals surface area contributed by atoms with Gasteiger partial charge in [-0.15, -0.1) is 0 Å². The molecule has 0 unspecified atom stereocenters. The van der Waals surface area contributed by atoms with Gasteiger partial charge in [0.1, 0.15) is 0 Å². The Balaban J connectivity index is 2.18. The Morgan fingerprint density at radius 3 is 2.17 bits per heavy atom. The van der Waals surface area contributed by atoms with E-state index < -0.39 is 21.3 Å². The lowest BCUT2D eigenvalue weighted by atomic mass is 10.1. The second kappa shape index (κ2) is 7.72. The fraction of sp³-hybridized carbons (Fsp3) is 0.304. The zero-order valence-electron chi connectivity index (χ0n) is 18.1. The summed E-state index contributed by atoms with van der Waals surface area (Å²) in [5.41, 5.74) is 1.86. The van der Waals surface area contributed by atoms with Gasteiger partial charge in [0.05, 0.1) is 21.7 Å². The zero-order valence-corrected chi connectivity index (χ0v) is 18.9. The largest absolute Gasteiger partial charge is 0.403 e. The molecule has 0 aliphatic carbocycles. The molecule has 30 heavy (non-hydrogen) atoms. The first kappa shape index (κ1) is 21.8. The Kier molecular flexibility index (Phi) is 5.60. The molecule has 6 nitrogen and oxygen atoms in total. The number of benzene rings is 2. The topological polar surface area (TPSA) is 78.3 Å². The highest BCUT2D eigenvalue weighted by atomic mass is 32.2. The van der Waals surface area contributed by atoms with Crippen molar-refractivity contribution >= 4 is 15.8 Å². The second-order valence-corrected chi connectivity index (χ2v) is 10.3. The van der Waals surface area contributed by atoms with Crippen LogP contribution in [0.3, 0.4) is 0 Å². The Labute approximate surface area is 177 Å². The second-order valence-electron chi connectivity index (χ2n) is 8.38. The first-order chi connectivity index (χ1) is 13.9. The van der Waals surface area contributed by atoms with Gasteiger partial charge in [-0.2, -0.15) is 5.10 Å². The summed E-state index contributed by atoms with van der Waals surface area (Å²) in [7, 11) is -3.95. The fourth-order valence-electron chi connectivity index (χ4n) is 3.10. The van der Waals surface area contributed by atoms with Gasteiger partial charge in [0.2, 0.25) is 15.7 Å². The molecule has 0 spiro atoms. The molecule has 0 atom stereocenters. The van der Waals surface area contributed by atoms with Crippen LogP contribution in [0.4, 0.5) is 0 Å². The van der Waals surface area contributed by atoms with Crippen LogP contribution in [0.15, 0.2) is 58.3 Å². The average Bonchev–Trinajstić information content (AvgIpc) is 2.99. The summed E-state index contributed by atoms with van der Waals surface area (Å²) in [6.45, 7) is 11.0. The van der Waals surface area contributed by atoms with Gasteiger partial charge in [-0.05, 0) is 65.8 Å². The summed E-state index contributed by atoms with van der Waals surface area (Å²) in [6, 6.07) is 13.5. The normalized spacial score (nSPS) is 12.1. The summed E-state index contributed by atoms with van der Waals surface area (Å²) in [6.07, 6.45) is 0. The quantitative estimate of drug-likeness (QED) is 0.569. The molecule has 0 aliphatic heterocycles. The maximum absolute atomic E-state index is 13.5. The van der Waals surface area contributed by atoms with Crippen molar-refractivity contribution in [2.45, 2.75) is 56.9 Å². The maximum atomic E-state index is 13.5. The summed E-state index contributed by atoms with van der Waals surface area (Å²) >= 11 is 0. The van der Waals surface area contributed by atoms with E-state index in [4.69, 9.17) is 4.74 Å². The molecule has 0 radical (unpaired) electrons. The van der Waals surface area contributed by atoms with E-state index in [-0.39, 0.29) is 21.4 Å². The molecule has 0 saturated carbocycles. The SMILES string of the molecule is Cc1ccc(S(=O)(=O)c2c(C)nn(C(C)(C)C)c2OC(=O)c2cccc(C)c2)cc1. The van der Waals surface area contributed by atoms with Crippen molar-refractivity contribution in [2.24, 2.45) is 0 Å². The van der Waals surface area contributed by atoms with Crippen molar-refractivity contribution in [3.05, 3.63) is 70.9 Å². The number of nitrogens with zero attached hydrogens (tertiary/aromatic N) is 2. The molecule has 2 aromatic carbocycles. The molecule has 3 aromatic rings. The molecule has 0 saturated heterocycles. The van der Waals surface area contributed by atoms with Gasteiger partial charge in [0.15, 0.2) is 4.90 Å². The summed E-state index contributed by atoms with van der Waals surface area (Å²) in [4.78, 5) is 12.9. The number of aromatic nitrogens is 2. The number of carbonyl (C=O) groups is 1. The Morgan fingerprint density at radius 1 is 0.967 bits per heavy atom. The van der Waals surface area contributed by atoms with E-state index in [1.54, 1.807) is 49.4 Å². The highest BCUT2D eigenvalue weighted by molar-refractivity contribution is 7.91. The first-order valence-electron chi connectivity index (χ1n) is 9.62. The summed E-state index contributed by atoms with van der Waals surface area (Å²) in [5, 5.41) is 4.42. The minimum absolute atomic E-state index is 0.0768. The van der Waals surface area contributed by atoms with Crippen LogP contribution in [0.25, 0.3) is 0 Å². The first-order valence-corrected chi connectivity index (χ1v) is 11.1. The van der Waals surface area contributed by atoms with E-state index in [1.165, 1.54) is 4.68 Å². The number of hydrogen-bond donors (Lipinski definition) is 0. The highest BCUT2D eigenvalue weighted by Gasteiger charge is 2.34. The third-order valence-corrected chi connectivity index (χ3v) is 6.54. The number of rotatable bonds is 4. The van der Waals surface area contributed by atoms with Crippen LogP contribution in [-0.4, -0.2) is 24.2 Å². The molecule has 3 rings (SSSR count). The van der Waals surface area contributed by atoms with Crippen molar-refractivity contribution < 1.29 is 17.9 Å². The van der Waals surface area contributed by atoms with E-state index >= 15 is 0 Å². The predicted molar refractivity (Wildman–Crippen MR) is 115 cm³/mol. The van der Waals surface area contributed by atoms with Crippen LogP contribution in [-0.2, 0) is 15.4 Å². The van der Waals surface area contributed by atoms with Crippen LogP contribution >= 0.6 is 0 Å². The molecule has 0 fully saturated rings. The molecule has 1 heterocycles. The van der Waals surface area contributed by atoms with Gasteiger partial charge >= 0.3 is 5.97 Å². The molecule has 0 bridgehead atoms. The van der Waals surface area contributed by atoms with Crippen molar-refractivity contribution in [1.82, 2.24) is 9.78 Å². The fourth-order valence-corrected chi connectivity index (χ4v) is 4.62. The van der Waals surface area contributed by atoms with Gasteiger partial charge in [-0.3, -0.25) is 0 Å². The molecule has 0 aliphatic rings. The predicted octanol–water partition coefficient (Wildman–Crippen LogP) is 4.62. The lowest BCUT2D eigenvalue weighted by molar-refractivity contribution is 0.0703. The average molecular weight is 427 g/mol. The number of carbonyl (C=O) groups excluding carboxylic acids is 1. The molecule has 7 heteroatoms. The van der Waals surface area contributed by atoms with E-state index in [2.05, 4.69) is 5.10 Å². The number of sulfone groups is 1. The Morgan fingerprint density at radius 2 is 1.60 bits per heavy atom. The lowest BCUT2D eigenvalue weighted by Crippen LogP contribution is -2.26. The highest BCUT2D eigenvalue weighted by Crippen LogP contribution is 2.36. The van der Waals surface area contributed by atoms with Crippen molar-refractivity contribution in [2.75, 3.05) is 0 Å². The van der Waals surface area contributed by atoms with Gasteiger partial charge in [-0.1, -0.05) is 35.4 Å². The van der Waals surface area contributed by atoms with Crippen LogP contribution in [0.5, 0.6) is 5.88 Å². The summed E-state index contributed by atoms with van der Waals surface area (Å²) < 4.78 is 34.0. The van der Waals surface area contributed by atoms with Crippen LogP contribution < -0.4 is 4.74 Å². The number of ether oxygens (including phenoxy) is 1. The molecular formula is C23H26N2O4S. The molecule has 0 amide bonds. The van der Waals surface area contributed by atoms with Crippen LogP contribution in [0.1, 0.15) is 48.0 Å². The molecular weight excluding hydrogens is 400 g/mol. The van der Waals surface area contributed by atoms with Gasteiger partial charge in [-0.25, -0.2) is 17.9 Å². The van der Waals surface area contributed by atoms with Gasteiger partial charge < -0.3 is 4.74 Å². The Hall–Kier alpha value is -2.93. The van der Waals surface area contributed by atoms with Crippen molar-refractivity contribution in [1.29, 1.82) is 0 Å². The number of esters is 1. The minimum atomic E-state index is -3.95. The Bertz CT molecular complexity index is 1200. The van der Waals surface area contributed by atoms with Crippen molar-refractivity contribution in [3.63, 3.8) is 0 Å². The van der Waals surface area contributed by atoms with Crippen LogP contribution in [0.2, 0.25) is 0 Å². The smallest absolute Gasteiger partial charge is 0.344 e. The number of hydrogen-bond acceptors (Lipinski definition) is 5. The van der Waals surface area contributed by atoms with Gasteiger partial charge in [0.25, 0.3) is 0 Å². The van der Waals surface area contributed by atoms with E-state index in [0.29, 0.717) is 5.56 Å². The van der Waals surface area contributed by atoms with Crippen LogP contribution in [0, 0.1) is 20.8 Å². The zero-order chi connectivity index (χ0) is 22.3. The van der Waals surface area contributed by atoms with Crippen molar-refractivity contribution in [3.8, 4) is 5.88 Å². The minimum Gasteiger partial charge on any atom is -0.403 e. The maximum Gasteiger partial charge on any atom is 0.344 e. The molecule has 1 aromatic heterocycles. The standard InChI is InChI=1S/C23H26N2O4S/c1-15-10-12-19(13-11-15)30(27,28)20-17(3)24-25(23(4,5)6)21(20)29-22(26)18-9-7-8-16(2)14-18/h7-14H,1-6H3. The molecule has 158 valence electrons. The third kappa shape index (κ3) is 4.16. The van der Waals surface area contributed by atoms with E-state index in [0.717, 1.165) is 11.1 Å². The molecule has 0 N–H and O–H groups in total. The summed E-state index contributed by atoms with van der Waals surface area (Å²) in [5.74, 6) is -0.712. The monoisotopic (exact) mass is 426 g/mol. The van der Waals surface area contributed by atoms with E-state index in [9.17, 15) is 13.2 Å². The van der Waals surface area contributed by atoms with E-state index in [1.807, 2.05) is 40.7 Å². The number of aryl methyl sites for hydroxylation is 3. The lowest BCUT2D eigenvalue weighted by Gasteiger charge is -2.22.